The van der Waals surface area contributed by atoms with Crippen LogP contribution in [-0.2, 0) is 0 Å². The summed E-state index contributed by atoms with van der Waals surface area (Å²) in [5, 5.41) is 12.0. The van der Waals surface area contributed by atoms with E-state index in [1.807, 2.05) is 0 Å². The topological polar surface area (TPSA) is 32.3 Å². The van der Waals surface area contributed by atoms with Crippen LogP contribution in [-0.4, -0.2) is 24.8 Å². The number of nitrogens with one attached hydrogen (secondary N) is 1. The molecular weight excluding hydrogens is 414 g/mol. The van der Waals surface area contributed by atoms with E-state index in [-0.39, 0.29) is 6.61 Å². The summed E-state index contributed by atoms with van der Waals surface area (Å²) in [6.07, 6.45) is 40.7. The summed E-state index contributed by atoms with van der Waals surface area (Å²) in [6, 6.07) is 0. The lowest BCUT2D eigenvalue weighted by molar-refractivity contribution is 0.292. The molecule has 0 saturated carbocycles. The minimum absolute atomic E-state index is 0.263. The minimum Gasteiger partial charge on any atom is -0.395 e. The molecule has 2 heteroatoms. The van der Waals surface area contributed by atoms with Crippen LogP contribution in [0.3, 0.4) is 0 Å². The number of aliphatic hydroxyl groups is 1. The third-order valence-electron chi connectivity index (χ3n) is 7.50. The van der Waals surface area contributed by atoms with Gasteiger partial charge < -0.3 is 10.4 Å². The van der Waals surface area contributed by atoms with Gasteiger partial charge in [0.2, 0.25) is 0 Å². The van der Waals surface area contributed by atoms with E-state index in [9.17, 15) is 0 Å². The second-order valence-electron chi connectivity index (χ2n) is 11.0. The van der Waals surface area contributed by atoms with Gasteiger partial charge >= 0.3 is 0 Å². The molecular formula is C32H67NO. The average molecular weight is 482 g/mol. The third-order valence-corrected chi connectivity index (χ3v) is 7.50. The van der Waals surface area contributed by atoms with Crippen LogP contribution in [0.5, 0.6) is 0 Å². The van der Waals surface area contributed by atoms with Crippen LogP contribution in [0.15, 0.2) is 0 Å². The van der Waals surface area contributed by atoms with Crippen molar-refractivity contribution < 1.29 is 5.11 Å². The van der Waals surface area contributed by atoms with Crippen molar-refractivity contribution in [3.63, 3.8) is 0 Å². The van der Waals surface area contributed by atoms with Crippen molar-refractivity contribution in [2.75, 3.05) is 19.7 Å². The first kappa shape index (κ1) is 33.9. The molecule has 0 aliphatic carbocycles. The first-order valence-corrected chi connectivity index (χ1v) is 16.2. The summed E-state index contributed by atoms with van der Waals surface area (Å²) in [4.78, 5) is 0. The second kappa shape index (κ2) is 32.9. The summed E-state index contributed by atoms with van der Waals surface area (Å²) in [5.41, 5.74) is 0. The quantitative estimate of drug-likeness (QED) is 0.0965. The first-order valence-electron chi connectivity index (χ1n) is 16.2. The minimum atomic E-state index is 0.263. The summed E-state index contributed by atoms with van der Waals surface area (Å²) in [7, 11) is 0. The molecule has 0 amide bonds. The van der Waals surface area contributed by atoms with Crippen molar-refractivity contribution >= 4 is 0 Å². The van der Waals surface area contributed by atoms with Gasteiger partial charge in [-0.3, -0.25) is 0 Å². The van der Waals surface area contributed by atoms with E-state index < -0.39 is 0 Å². The van der Waals surface area contributed by atoms with Crippen LogP contribution >= 0.6 is 0 Å². The summed E-state index contributed by atoms with van der Waals surface area (Å²) >= 11 is 0. The zero-order chi connectivity index (χ0) is 24.6. The predicted molar refractivity (Wildman–Crippen MR) is 155 cm³/mol. The van der Waals surface area contributed by atoms with Crippen LogP contribution in [0.25, 0.3) is 0 Å². The molecule has 0 unspecified atom stereocenters. The molecule has 0 aromatic heterocycles. The Morgan fingerprint density at radius 1 is 0.324 bits per heavy atom. The summed E-state index contributed by atoms with van der Waals surface area (Å²) in [5.74, 6) is 0. The Kier molecular flexibility index (Phi) is 32.8. The third kappa shape index (κ3) is 31.9. The lowest BCUT2D eigenvalue weighted by atomic mass is 10.0. The fraction of sp³-hybridized carbons (Fsp3) is 1.00. The molecule has 0 spiro atoms. The largest absolute Gasteiger partial charge is 0.395 e. The molecule has 0 rings (SSSR count). The molecule has 34 heavy (non-hydrogen) atoms. The van der Waals surface area contributed by atoms with Crippen molar-refractivity contribution in [3.05, 3.63) is 0 Å². The Labute approximate surface area is 216 Å². The maximum Gasteiger partial charge on any atom is 0.0555 e. The van der Waals surface area contributed by atoms with Gasteiger partial charge in [0.15, 0.2) is 0 Å². The normalized spacial score (nSPS) is 11.5. The van der Waals surface area contributed by atoms with Crippen LogP contribution in [0.4, 0.5) is 0 Å². The summed E-state index contributed by atoms with van der Waals surface area (Å²) < 4.78 is 0. The highest BCUT2D eigenvalue weighted by Crippen LogP contribution is 2.16. The monoisotopic (exact) mass is 482 g/mol. The van der Waals surface area contributed by atoms with Gasteiger partial charge in [-0.25, -0.2) is 0 Å². The molecule has 0 aliphatic rings. The van der Waals surface area contributed by atoms with Crippen molar-refractivity contribution in [3.8, 4) is 0 Å². The van der Waals surface area contributed by atoms with Gasteiger partial charge in [-0.15, -0.1) is 0 Å². The highest BCUT2D eigenvalue weighted by Gasteiger charge is 1.96. The van der Waals surface area contributed by atoms with Crippen molar-refractivity contribution in [2.24, 2.45) is 0 Å². The van der Waals surface area contributed by atoms with Crippen molar-refractivity contribution in [1.29, 1.82) is 0 Å². The van der Waals surface area contributed by atoms with Crippen LogP contribution in [0.1, 0.15) is 187 Å². The van der Waals surface area contributed by atoms with Crippen LogP contribution < -0.4 is 5.32 Å². The number of rotatable bonds is 31. The number of hydrogen-bond acceptors (Lipinski definition) is 2. The van der Waals surface area contributed by atoms with Gasteiger partial charge in [0.05, 0.1) is 6.61 Å². The van der Waals surface area contributed by atoms with Crippen molar-refractivity contribution in [1.82, 2.24) is 5.32 Å². The SMILES string of the molecule is CCCCCCCCCCCCCCCCCCCCCCCCCCCCCCNCCO. The van der Waals surface area contributed by atoms with Crippen LogP contribution in [0.2, 0.25) is 0 Å². The van der Waals surface area contributed by atoms with Gasteiger partial charge in [-0.1, -0.05) is 180 Å². The Bertz CT molecular complexity index is 301. The number of unbranched alkanes of at least 4 members (excludes halogenated alkanes) is 27. The number of aliphatic hydroxyl groups excluding tert-OH is 1. The molecule has 0 atom stereocenters. The Morgan fingerprint density at radius 2 is 0.559 bits per heavy atom. The van der Waals surface area contributed by atoms with Gasteiger partial charge in [-0.2, -0.15) is 0 Å². The lowest BCUT2D eigenvalue weighted by Gasteiger charge is -2.05. The Hall–Kier alpha value is -0.0800. The lowest BCUT2D eigenvalue weighted by Crippen LogP contribution is -2.19. The second-order valence-corrected chi connectivity index (χ2v) is 11.0. The van der Waals surface area contributed by atoms with E-state index in [0.717, 1.165) is 13.1 Å². The van der Waals surface area contributed by atoms with E-state index in [4.69, 9.17) is 5.11 Å². The molecule has 0 saturated heterocycles. The first-order chi connectivity index (χ1) is 16.9. The van der Waals surface area contributed by atoms with E-state index in [2.05, 4.69) is 12.2 Å². The molecule has 2 N–H and O–H groups in total. The van der Waals surface area contributed by atoms with Gasteiger partial charge in [0.25, 0.3) is 0 Å². The van der Waals surface area contributed by atoms with Gasteiger partial charge in [-0.05, 0) is 13.0 Å². The maximum atomic E-state index is 8.71. The predicted octanol–water partition coefficient (Wildman–Crippen LogP) is 10.5. The van der Waals surface area contributed by atoms with E-state index >= 15 is 0 Å². The standard InChI is InChI=1S/C32H67NO/c1-2-3-4-5-6-7-8-9-10-11-12-13-14-15-16-17-18-19-20-21-22-23-24-25-26-27-28-29-30-33-31-32-34/h33-34H,2-32H2,1H3. The maximum absolute atomic E-state index is 8.71. The number of hydrogen-bond donors (Lipinski definition) is 2. The molecule has 0 bridgehead atoms. The highest BCUT2D eigenvalue weighted by atomic mass is 16.3. The smallest absolute Gasteiger partial charge is 0.0555 e. The van der Waals surface area contributed by atoms with Gasteiger partial charge in [0, 0.05) is 6.54 Å². The molecule has 2 nitrogen and oxygen atoms in total. The average Bonchev–Trinajstić information content (AvgIpc) is 2.85. The Morgan fingerprint density at radius 3 is 0.794 bits per heavy atom. The van der Waals surface area contributed by atoms with Crippen LogP contribution in [0, 0.1) is 0 Å². The van der Waals surface area contributed by atoms with E-state index in [1.54, 1.807) is 0 Å². The molecule has 206 valence electrons. The fourth-order valence-corrected chi connectivity index (χ4v) is 5.12. The molecule has 0 aliphatic heterocycles. The highest BCUT2D eigenvalue weighted by molar-refractivity contribution is 4.53. The zero-order valence-electron chi connectivity index (χ0n) is 23.9. The molecule has 0 heterocycles. The molecule has 0 aromatic carbocycles. The van der Waals surface area contributed by atoms with Gasteiger partial charge in [0.1, 0.15) is 0 Å². The van der Waals surface area contributed by atoms with Crippen molar-refractivity contribution in [2.45, 2.75) is 187 Å². The zero-order valence-corrected chi connectivity index (χ0v) is 23.9. The molecule has 0 radical (unpaired) electrons. The molecule has 0 aromatic rings. The fourth-order valence-electron chi connectivity index (χ4n) is 5.12. The van der Waals surface area contributed by atoms with E-state index in [0.29, 0.717) is 0 Å². The Balaban J connectivity index is 2.99. The molecule has 0 fully saturated rings. The van der Waals surface area contributed by atoms with E-state index in [1.165, 1.54) is 180 Å². The summed E-state index contributed by atoms with van der Waals surface area (Å²) in [6.45, 7) is 4.39.